The van der Waals surface area contributed by atoms with E-state index in [0.717, 1.165) is 26.1 Å². The van der Waals surface area contributed by atoms with E-state index in [9.17, 15) is 8.42 Å². The smallest absolute Gasteiger partial charge is 0.213 e. The predicted octanol–water partition coefficient (Wildman–Crippen LogP) is -0.164. The fourth-order valence-corrected chi connectivity index (χ4v) is 3.76. The zero-order valence-corrected chi connectivity index (χ0v) is 14.9. The molecule has 0 saturated carbocycles. The maximum atomic E-state index is 11.9. The van der Waals surface area contributed by atoms with Gasteiger partial charge in [0.1, 0.15) is 5.82 Å². The molecule has 0 aliphatic carbocycles. The van der Waals surface area contributed by atoms with Gasteiger partial charge in [-0.2, -0.15) is 5.10 Å². The number of sulfonamides is 1. The number of ether oxygens (including phenoxy) is 1. The number of likely N-dealkylation sites (tertiary alicyclic amines) is 1. The highest BCUT2D eigenvalue weighted by Gasteiger charge is 2.32. The molecule has 0 spiro atoms. The Morgan fingerprint density at radius 2 is 2.22 bits per heavy atom. The summed E-state index contributed by atoms with van der Waals surface area (Å²) < 4.78 is 32.3. The number of hydrogen-bond donors (Lipinski definition) is 1. The monoisotopic (exact) mass is 345 g/mol. The van der Waals surface area contributed by atoms with Crippen LogP contribution in [0.15, 0.2) is 12.3 Å². The molecule has 1 aliphatic rings. The van der Waals surface area contributed by atoms with Gasteiger partial charge in [0.15, 0.2) is 0 Å². The van der Waals surface area contributed by atoms with Crippen molar-refractivity contribution in [2.75, 3.05) is 45.8 Å². The molecule has 1 aliphatic heterocycles. The van der Waals surface area contributed by atoms with Gasteiger partial charge >= 0.3 is 0 Å². The van der Waals surface area contributed by atoms with Crippen LogP contribution in [0.4, 0.5) is 5.82 Å². The Kier molecular flexibility index (Phi) is 6.01. The number of aromatic nitrogens is 2. The number of anilines is 1. The van der Waals surface area contributed by atoms with Gasteiger partial charge in [-0.3, -0.25) is 9.58 Å². The second-order valence-corrected chi connectivity index (χ2v) is 8.46. The Morgan fingerprint density at radius 3 is 2.78 bits per heavy atom. The molecule has 2 atom stereocenters. The van der Waals surface area contributed by atoms with E-state index in [0.29, 0.717) is 12.2 Å². The van der Waals surface area contributed by atoms with Crippen LogP contribution in [0, 0.1) is 0 Å². The van der Waals surface area contributed by atoms with Gasteiger partial charge in [-0.05, 0) is 25.5 Å². The minimum atomic E-state index is -3.14. The number of rotatable bonds is 8. The molecule has 1 saturated heterocycles. The average Bonchev–Trinajstić information content (AvgIpc) is 3.06. The van der Waals surface area contributed by atoms with Crippen LogP contribution in [0.2, 0.25) is 0 Å². The summed E-state index contributed by atoms with van der Waals surface area (Å²) in [5, 5.41) is 4.23. The van der Waals surface area contributed by atoms with Gasteiger partial charge in [-0.25, -0.2) is 12.7 Å². The fourth-order valence-electron chi connectivity index (χ4n) is 2.90. The number of nitrogen functional groups attached to an aromatic ring is 1. The molecule has 2 rings (SSSR count). The lowest BCUT2D eigenvalue weighted by Crippen LogP contribution is -2.35. The Morgan fingerprint density at radius 1 is 1.48 bits per heavy atom. The second-order valence-electron chi connectivity index (χ2n) is 6.16. The molecule has 1 aromatic rings. The van der Waals surface area contributed by atoms with E-state index in [2.05, 4.69) is 10.00 Å². The molecule has 9 heteroatoms. The lowest BCUT2D eigenvalue weighted by Gasteiger charge is -2.24. The summed E-state index contributed by atoms with van der Waals surface area (Å²) in [6.45, 7) is 2.28. The lowest BCUT2D eigenvalue weighted by atomic mass is 10.2. The molecule has 0 bridgehead atoms. The molecule has 1 fully saturated rings. The van der Waals surface area contributed by atoms with Crippen LogP contribution in [0.5, 0.6) is 0 Å². The van der Waals surface area contributed by atoms with Crippen LogP contribution >= 0.6 is 0 Å². The summed E-state index contributed by atoms with van der Waals surface area (Å²) in [7, 11) is 1.71. The third-order valence-corrected chi connectivity index (χ3v) is 6.20. The molecule has 2 heterocycles. The van der Waals surface area contributed by atoms with Crippen LogP contribution < -0.4 is 5.73 Å². The first-order valence-electron chi connectivity index (χ1n) is 7.78. The van der Waals surface area contributed by atoms with Gasteiger partial charge in [0.2, 0.25) is 10.0 Å². The van der Waals surface area contributed by atoms with E-state index >= 15 is 0 Å². The van der Waals surface area contributed by atoms with Gasteiger partial charge < -0.3 is 10.5 Å². The van der Waals surface area contributed by atoms with Crippen LogP contribution in [-0.4, -0.2) is 79.6 Å². The van der Waals surface area contributed by atoms with Crippen molar-refractivity contribution < 1.29 is 13.2 Å². The van der Waals surface area contributed by atoms with Gasteiger partial charge in [-0.1, -0.05) is 0 Å². The van der Waals surface area contributed by atoms with E-state index in [4.69, 9.17) is 10.5 Å². The zero-order chi connectivity index (χ0) is 17.0. The summed E-state index contributed by atoms with van der Waals surface area (Å²) in [5.41, 5.74) is 5.66. The fraction of sp³-hybridized carbons (Fsp3) is 0.786. The zero-order valence-electron chi connectivity index (χ0n) is 14.1. The van der Waals surface area contributed by atoms with Gasteiger partial charge in [0, 0.05) is 40.0 Å². The van der Waals surface area contributed by atoms with Crippen molar-refractivity contribution >= 4 is 15.8 Å². The molecule has 0 radical (unpaired) electrons. The first-order valence-corrected chi connectivity index (χ1v) is 9.38. The van der Waals surface area contributed by atoms with Crippen molar-refractivity contribution in [1.29, 1.82) is 0 Å². The largest absolute Gasteiger partial charge is 0.382 e. The summed E-state index contributed by atoms with van der Waals surface area (Å²) in [6.07, 6.45) is 3.56. The average molecular weight is 345 g/mol. The third-order valence-electron chi connectivity index (χ3n) is 4.29. The lowest BCUT2D eigenvalue weighted by molar-refractivity contribution is 0.108. The first-order chi connectivity index (χ1) is 10.8. The number of hydrogen-bond acceptors (Lipinski definition) is 6. The standard InChI is InChI=1S/C14H27N5O3S/c1-17(2)23(20,21)8-4-6-18-11-13(22-3)9-12(18)10-19-7-5-14(15)16-19/h5,7,12-13H,4,6,8-11H2,1-3H3,(H2,15,16)/t12-,13-/m0/s1. The van der Waals surface area contributed by atoms with E-state index in [1.807, 2.05) is 10.9 Å². The minimum Gasteiger partial charge on any atom is -0.382 e. The summed E-state index contributed by atoms with van der Waals surface area (Å²) >= 11 is 0. The van der Waals surface area contributed by atoms with Crippen molar-refractivity contribution in [1.82, 2.24) is 19.0 Å². The maximum Gasteiger partial charge on any atom is 0.213 e. The third kappa shape index (κ3) is 4.90. The molecular formula is C14H27N5O3S. The van der Waals surface area contributed by atoms with E-state index in [1.54, 1.807) is 27.3 Å². The molecule has 0 amide bonds. The number of nitrogens with two attached hydrogens (primary N) is 1. The minimum absolute atomic E-state index is 0.162. The molecule has 0 aromatic carbocycles. The normalized spacial score (nSPS) is 23.0. The highest BCUT2D eigenvalue weighted by molar-refractivity contribution is 7.89. The van der Waals surface area contributed by atoms with Crippen LogP contribution in [0.3, 0.4) is 0 Å². The highest BCUT2D eigenvalue weighted by Crippen LogP contribution is 2.22. The van der Waals surface area contributed by atoms with E-state index in [1.165, 1.54) is 4.31 Å². The molecular weight excluding hydrogens is 318 g/mol. The van der Waals surface area contributed by atoms with E-state index < -0.39 is 10.0 Å². The maximum absolute atomic E-state index is 11.9. The summed E-state index contributed by atoms with van der Waals surface area (Å²) in [5.74, 6) is 0.671. The molecule has 23 heavy (non-hydrogen) atoms. The summed E-state index contributed by atoms with van der Waals surface area (Å²) in [6, 6.07) is 2.05. The van der Waals surface area contributed by atoms with Crippen molar-refractivity contribution in [2.24, 2.45) is 0 Å². The Labute approximate surface area is 138 Å². The van der Waals surface area contributed by atoms with Gasteiger partial charge in [-0.15, -0.1) is 0 Å². The van der Waals surface area contributed by atoms with Gasteiger partial charge in [0.25, 0.3) is 0 Å². The highest BCUT2D eigenvalue weighted by atomic mass is 32.2. The van der Waals surface area contributed by atoms with Crippen molar-refractivity contribution in [3.8, 4) is 0 Å². The topological polar surface area (TPSA) is 93.7 Å². The number of nitrogens with zero attached hydrogens (tertiary/aromatic N) is 4. The first kappa shape index (κ1) is 18.2. The summed E-state index contributed by atoms with van der Waals surface area (Å²) in [4.78, 5) is 2.29. The Bertz CT molecular complexity index is 601. The molecule has 132 valence electrons. The molecule has 2 N–H and O–H groups in total. The second kappa shape index (κ2) is 7.61. The van der Waals surface area contributed by atoms with Gasteiger partial charge in [0.05, 0.1) is 18.4 Å². The molecule has 1 aromatic heterocycles. The Hall–Kier alpha value is -1.16. The molecule has 8 nitrogen and oxygen atoms in total. The van der Waals surface area contributed by atoms with E-state index in [-0.39, 0.29) is 17.9 Å². The SMILES string of the molecule is CO[C@H]1C[C@@H](Cn2ccc(N)n2)N(CCCS(=O)(=O)N(C)C)C1. The quantitative estimate of drug-likeness (QED) is 0.703. The van der Waals surface area contributed by atoms with Crippen molar-refractivity contribution in [2.45, 2.75) is 31.5 Å². The van der Waals surface area contributed by atoms with Crippen LogP contribution in [-0.2, 0) is 21.3 Å². The van der Waals surface area contributed by atoms with Crippen molar-refractivity contribution in [3.63, 3.8) is 0 Å². The number of methoxy groups -OCH3 is 1. The van der Waals surface area contributed by atoms with Crippen molar-refractivity contribution in [3.05, 3.63) is 12.3 Å². The Balaban J connectivity index is 1.91. The molecule has 0 unspecified atom stereocenters. The predicted molar refractivity (Wildman–Crippen MR) is 89.5 cm³/mol. The van der Waals surface area contributed by atoms with Crippen LogP contribution in [0.1, 0.15) is 12.8 Å². The van der Waals surface area contributed by atoms with Crippen LogP contribution in [0.25, 0.3) is 0 Å².